The maximum Gasteiger partial charge on any atom is 0.350 e. The van der Waals surface area contributed by atoms with Crippen molar-refractivity contribution in [1.29, 1.82) is 5.26 Å². The number of esters is 1. The Morgan fingerprint density at radius 2 is 1.54 bits per heavy atom. The number of ether oxygens (including phenoxy) is 1. The van der Waals surface area contributed by atoms with Crippen molar-refractivity contribution in [3.05, 3.63) is 83.6 Å². The molecule has 4 nitrogen and oxygen atoms in total. The number of hydrogen-bond acceptors (Lipinski definition) is 4. The summed E-state index contributed by atoms with van der Waals surface area (Å²) in [6.45, 7) is 3.16. The molecule has 0 spiro atoms. The molecule has 0 fully saturated rings. The van der Waals surface area contributed by atoms with Gasteiger partial charge >= 0.3 is 5.97 Å². The average Bonchev–Trinajstić information content (AvgIpc) is 2.61. The van der Waals surface area contributed by atoms with Crippen LogP contribution in [0.5, 0.6) is 0 Å². The van der Waals surface area contributed by atoms with Crippen LogP contribution in [0.3, 0.4) is 0 Å². The number of nitrogens with zero attached hydrogens (tertiary/aromatic N) is 2. The number of carbonyl (C=O) groups excluding carboxylic acids is 1. The molecule has 0 radical (unpaired) electrons. The Kier molecular flexibility index (Phi) is 6.60. The first-order valence-corrected chi connectivity index (χ1v) is 7.84. The van der Waals surface area contributed by atoms with Crippen molar-refractivity contribution in [3.8, 4) is 6.07 Å². The summed E-state index contributed by atoms with van der Waals surface area (Å²) >= 11 is 0. The molecule has 0 aliphatic carbocycles. The van der Waals surface area contributed by atoms with Gasteiger partial charge in [0.1, 0.15) is 6.07 Å². The molecule has 0 aliphatic heterocycles. The van der Waals surface area contributed by atoms with Crippen LogP contribution in [0.1, 0.15) is 18.1 Å². The highest BCUT2D eigenvalue weighted by Gasteiger charge is 2.13. The average molecular weight is 320 g/mol. The van der Waals surface area contributed by atoms with Gasteiger partial charge in [0.2, 0.25) is 0 Å². The van der Waals surface area contributed by atoms with Crippen LogP contribution in [-0.4, -0.2) is 17.5 Å². The summed E-state index contributed by atoms with van der Waals surface area (Å²) in [6.07, 6.45) is 1.58. The van der Waals surface area contributed by atoms with Crippen molar-refractivity contribution in [2.45, 2.75) is 20.0 Å². The predicted molar refractivity (Wildman–Crippen MR) is 92.5 cm³/mol. The molecule has 2 aromatic carbocycles. The van der Waals surface area contributed by atoms with Crippen molar-refractivity contribution in [1.82, 2.24) is 4.90 Å². The van der Waals surface area contributed by atoms with Crippen molar-refractivity contribution in [3.63, 3.8) is 0 Å². The first-order chi connectivity index (χ1) is 11.7. The second-order valence-electron chi connectivity index (χ2n) is 5.25. The summed E-state index contributed by atoms with van der Waals surface area (Å²) in [5.74, 6) is -0.592. The Morgan fingerprint density at radius 3 is 1.96 bits per heavy atom. The lowest BCUT2D eigenvalue weighted by molar-refractivity contribution is -0.138. The van der Waals surface area contributed by atoms with Crippen molar-refractivity contribution >= 4 is 5.97 Å². The lowest BCUT2D eigenvalue weighted by Gasteiger charge is -2.21. The Hall–Kier alpha value is -3.06. The highest BCUT2D eigenvalue weighted by atomic mass is 16.5. The van der Waals surface area contributed by atoms with Gasteiger partial charge < -0.3 is 9.64 Å². The summed E-state index contributed by atoms with van der Waals surface area (Å²) in [6, 6.07) is 21.8. The molecule has 0 N–H and O–H groups in total. The number of rotatable bonds is 7. The molecule has 4 heteroatoms. The fourth-order valence-corrected chi connectivity index (χ4v) is 2.30. The second-order valence-corrected chi connectivity index (χ2v) is 5.25. The van der Waals surface area contributed by atoms with Crippen molar-refractivity contribution in [2.24, 2.45) is 0 Å². The van der Waals surface area contributed by atoms with Gasteiger partial charge in [-0.25, -0.2) is 4.79 Å². The Morgan fingerprint density at radius 1 is 1.04 bits per heavy atom. The monoisotopic (exact) mass is 320 g/mol. The molecule has 0 aliphatic rings. The summed E-state index contributed by atoms with van der Waals surface area (Å²) in [7, 11) is 0. The van der Waals surface area contributed by atoms with E-state index in [0.717, 1.165) is 11.1 Å². The maximum atomic E-state index is 11.9. The molecule has 24 heavy (non-hydrogen) atoms. The third-order valence-corrected chi connectivity index (χ3v) is 3.38. The van der Waals surface area contributed by atoms with Crippen LogP contribution in [0.25, 0.3) is 0 Å². The third kappa shape index (κ3) is 5.29. The van der Waals surface area contributed by atoms with E-state index < -0.39 is 5.97 Å². The van der Waals surface area contributed by atoms with Crippen LogP contribution in [0.15, 0.2) is 72.4 Å². The molecule has 0 saturated carbocycles. The van der Waals surface area contributed by atoms with E-state index in [1.165, 1.54) is 0 Å². The summed E-state index contributed by atoms with van der Waals surface area (Å²) in [5.41, 5.74) is 2.21. The SMILES string of the molecule is CCOC(=O)/C(C#N)=C/N(Cc1ccccc1)Cc1ccccc1. The number of hydrogen-bond donors (Lipinski definition) is 0. The van der Waals surface area contributed by atoms with Crippen LogP contribution in [-0.2, 0) is 22.6 Å². The molecular formula is C20H20N2O2. The van der Waals surface area contributed by atoms with Gasteiger partial charge in [0.25, 0.3) is 0 Å². The minimum Gasteiger partial charge on any atom is -0.462 e. The van der Waals surface area contributed by atoms with E-state index in [-0.39, 0.29) is 12.2 Å². The lowest BCUT2D eigenvalue weighted by Crippen LogP contribution is -2.19. The summed E-state index contributed by atoms with van der Waals surface area (Å²) in [5, 5.41) is 9.26. The van der Waals surface area contributed by atoms with Crippen LogP contribution < -0.4 is 0 Å². The lowest BCUT2D eigenvalue weighted by atomic mass is 10.1. The van der Waals surface area contributed by atoms with Crippen molar-refractivity contribution < 1.29 is 9.53 Å². The van der Waals surface area contributed by atoms with Crippen LogP contribution >= 0.6 is 0 Å². The van der Waals surface area contributed by atoms with Gasteiger partial charge in [-0.05, 0) is 18.1 Å². The van der Waals surface area contributed by atoms with E-state index in [0.29, 0.717) is 13.1 Å². The van der Waals surface area contributed by atoms with Gasteiger partial charge in [-0.1, -0.05) is 60.7 Å². The Bertz CT molecular complexity index is 677. The van der Waals surface area contributed by atoms with Crippen molar-refractivity contribution in [2.75, 3.05) is 6.61 Å². The summed E-state index contributed by atoms with van der Waals surface area (Å²) < 4.78 is 4.94. The number of carbonyl (C=O) groups is 1. The van der Waals surface area contributed by atoms with Gasteiger partial charge in [0.15, 0.2) is 5.57 Å². The van der Waals surface area contributed by atoms with Crippen LogP contribution in [0, 0.1) is 11.3 Å². The number of benzene rings is 2. The molecule has 0 amide bonds. The Balaban J connectivity index is 2.24. The largest absolute Gasteiger partial charge is 0.462 e. The van der Waals surface area contributed by atoms with E-state index in [4.69, 9.17) is 4.74 Å². The molecule has 0 aromatic heterocycles. The fraction of sp³-hybridized carbons (Fsp3) is 0.200. The predicted octanol–water partition coefficient (Wildman–Crippen LogP) is 3.66. The molecule has 0 atom stereocenters. The highest BCUT2D eigenvalue weighted by Crippen LogP contribution is 2.12. The molecule has 0 unspecified atom stereocenters. The standard InChI is InChI=1S/C20H20N2O2/c1-2-24-20(23)19(13-21)16-22(14-17-9-5-3-6-10-17)15-18-11-7-4-8-12-18/h3-12,16H,2,14-15H2,1H3/b19-16+. The van der Waals surface area contributed by atoms with E-state index in [9.17, 15) is 10.1 Å². The van der Waals surface area contributed by atoms with Gasteiger partial charge in [-0.3, -0.25) is 0 Å². The quantitative estimate of drug-likeness (QED) is 0.444. The zero-order chi connectivity index (χ0) is 17.2. The third-order valence-electron chi connectivity index (χ3n) is 3.38. The minimum atomic E-state index is -0.592. The normalized spacial score (nSPS) is 10.8. The molecule has 2 aromatic rings. The minimum absolute atomic E-state index is 0.00344. The highest BCUT2D eigenvalue weighted by molar-refractivity contribution is 5.92. The van der Waals surface area contributed by atoms with Gasteiger partial charge in [-0.15, -0.1) is 0 Å². The number of nitriles is 1. The van der Waals surface area contributed by atoms with Crippen LogP contribution in [0.2, 0.25) is 0 Å². The van der Waals surface area contributed by atoms with E-state index >= 15 is 0 Å². The maximum absolute atomic E-state index is 11.9. The smallest absolute Gasteiger partial charge is 0.350 e. The first kappa shape index (κ1) is 17.3. The fourth-order valence-electron chi connectivity index (χ4n) is 2.30. The summed E-state index contributed by atoms with van der Waals surface area (Å²) in [4.78, 5) is 13.8. The van der Waals surface area contributed by atoms with Gasteiger partial charge in [0, 0.05) is 19.3 Å². The molecule has 122 valence electrons. The van der Waals surface area contributed by atoms with E-state index in [1.54, 1.807) is 13.1 Å². The zero-order valence-corrected chi connectivity index (χ0v) is 13.7. The van der Waals surface area contributed by atoms with Gasteiger partial charge in [0.05, 0.1) is 6.61 Å². The molecule has 2 rings (SSSR count). The van der Waals surface area contributed by atoms with Gasteiger partial charge in [-0.2, -0.15) is 5.26 Å². The first-order valence-electron chi connectivity index (χ1n) is 7.84. The zero-order valence-electron chi connectivity index (χ0n) is 13.7. The van der Waals surface area contributed by atoms with Crippen LogP contribution in [0.4, 0.5) is 0 Å². The molecule has 0 heterocycles. The molecule has 0 bridgehead atoms. The van der Waals surface area contributed by atoms with E-state index in [2.05, 4.69) is 0 Å². The molecular weight excluding hydrogens is 300 g/mol. The molecule has 0 saturated heterocycles. The Labute approximate surface area is 142 Å². The van der Waals surface area contributed by atoms with E-state index in [1.807, 2.05) is 71.6 Å². The second kappa shape index (κ2) is 9.16. The topological polar surface area (TPSA) is 53.3 Å².